The topological polar surface area (TPSA) is 129 Å². The molecule has 0 saturated heterocycles. The van der Waals surface area contributed by atoms with Crippen LogP contribution in [0.15, 0.2) is 47.5 Å². The monoisotopic (exact) mass is 446 g/mol. The van der Waals surface area contributed by atoms with Gasteiger partial charge in [-0.25, -0.2) is 4.98 Å². The fraction of sp³-hybridized carbons (Fsp3) is 0.261. The number of hydrogen-bond acceptors (Lipinski definition) is 8. The standard InChI is InChI=1S/C23H22N6O2S/c24-22-21-16(7-18(31-21)20-15-5-6-26-10-19(15)32-23(20)25)17(9-27-22)12-8-28-29(11-12)13-1-3-14(30)4-2-13/h5-11,13-14,30H,1-4,25H2,(H2,24,27). The number of aliphatic hydroxyl groups excluding tert-OH is 1. The summed E-state index contributed by atoms with van der Waals surface area (Å²) in [5, 5.41) is 16.9. The first-order chi connectivity index (χ1) is 15.6. The number of nitrogens with zero attached hydrogens (tertiary/aromatic N) is 4. The first kappa shape index (κ1) is 19.3. The average Bonchev–Trinajstić information content (AvgIpc) is 3.51. The molecule has 0 atom stereocenters. The zero-order chi connectivity index (χ0) is 21.8. The van der Waals surface area contributed by atoms with Crippen molar-refractivity contribution < 1.29 is 9.52 Å². The molecule has 32 heavy (non-hydrogen) atoms. The first-order valence-corrected chi connectivity index (χ1v) is 11.4. The van der Waals surface area contributed by atoms with Crippen molar-refractivity contribution in [3.05, 3.63) is 43.1 Å². The second-order valence-electron chi connectivity index (χ2n) is 8.30. The molecule has 162 valence electrons. The lowest BCUT2D eigenvalue weighted by atomic mass is 9.93. The van der Waals surface area contributed by atoms with Crippen molar-refractivity contribution in [2.24, 2.45) is 0 Å². The van der Waals surface area contributed by atoms with Crippen LogP contribution in [0, 0.1) is 0 Å². The van der Waals surface area contributed by atoms with Gasteiger partial charge in [-0.2, -0.15) is 5.10 Å². The number of aromatic nitrogens is 4. The summed E-state index contributed by atoms with van der Waals surface area (Å²) in [4.78, 5) is 8.56. The number of furan rings is 1. The highest BCUT2D eigenvalue weighted by molar-refractivity contribution is 7.23. The molecule has 0 bridgehead atoms. The number of aliphatic hydroxyl groups is 1. The van der Waals surface area contributed by atoms with E-state index in [-0.39, 0.29) is 6.10 Å². The van der Waals surface area contributed by atoms with Crippen molar-refractivity contribution >= 4 is 43.2 Å². The van der Waals surface area contributed by atoms with Crippen LogP contribution in [0.25, 0.3) is 43.5 Å². The molecule has 1 aliphatic carbocycles. The molecule has 0 amide bonds. The Morgan fingerprint density at radius 3 is 2.78 bits per heavy atom. The highest BCUT2D eigenvalue weighted by Crippen LogP contribution is 2.44. The molecular weight excluding hydrogens is 424 g/mol. The van der Waals surface area contributed by atoms with E-state index in [2.05, 4.69) is 15.1 Å². The Hall–Kier alpha value is -3.43. The van der Waals surface area contributed by atoms with E-state index in [4.69, 9.17) is 15.9 Å². The fourth-order valence-corrected chi connectivity index (χ4v) is 5.56. The number of anilines is 2. The van der Waals surface area contributed by atoms with Crippen molar-refractivity contribution in [2.75, 3.05) is 11.5 Å². The van der Waals surface area contributed by atoms with Gasteiger partial charge in [-0.05, 0) is 37.8 Å². The molecule has 1 fully saturated rings. The molecule has 5 aromatic heterocycles. The summed E-state index contributed by atoms with van der Waals surface area (Å²) in [6.07, 6.45) is 12.5. The van der Waals surface area contributed by atoms with Crippen molar-refractivity contribution in [1.82, 2.24) is 19.7 Å². The number of hydrogen-bond donors (Lipinski definition) is 3. The molecule has 8 nitrogen and oxygen atoms in total. The maximum Gasteiger partial charge on any atom is 0.177 e. The zero-order valence-corrected chi connectivity index (χ0v) is 18.0. The fourth-order valence-electron chi connectivity index (χ4n) is 4.62. The van der Waals surface area contributed by atoms with Crippen molar-refractivity contribution in [1.29, 1.82) is 0 Å². The maximum absolute atomic E-state index is 9.80. The number of fused-ring (bicyclic) bond motifs is 2. The third kappa shape index (κ3) is 3.04. The van der Waals surface area contributed by atoms with Crippen LogP contribution in [0.3, 0.4) is 0 Å². The number of rotatable bonds is 3. The highest BCUT2D eigenvalue weighted by atomic mass is 32.1. The SMILES string of the molecule is Nc1sc2cnccc2c1-c1cc2c(-c3cnn(C4CCC(O)CC4)c3)cnc(N)c2o1. The predicted octanol–water partition coefficient (Wildman–Crippen LogP) is 4.61. The van der Waals surface area contributed by atoms with Gasteiger partial charge in [0.05, 0.1) is 33.6 Å². The Bertz CT molecular complexity index is 1440. The normalized spacial score (nSPS) is 19.2. The molecule has 6 rings (SSSR count). The van der Waals surface area contributed by atoms with Gasteiger partial charge in [0.15, 0.2) is 11.4 Å². The summed E-state index contributed by atoms with van der Waals surface area (Å²) < 4.78 is 9.20. The van der Waals surface area contributed by atoms with Gasteiger partial charge in [0, 0.05) is 46.7 Å². The number of thiophene rings is 1. The molecule has 0 unspecified atom stereocenters. The van der Waals surface area contributed by atoms with E-state index in [1.165, 1.54) is 11.3 Å². The molecule has 0 spiro atoms. The van der Waals surface area contributed by atoms with Gasteiger partial charge in [-0.3, -0.25) is 9.67 Å². The van der Waals surface area contributed by atoms with Crippen LogP contribution in [0.1, 0.15) is 31.7 Å². The number of pyridine rings is 2. The number of nitrogen functional groups attached to an aromatic ring is 2. The number of nitrogens with two attached hydrogens (primary N) is 2. The molecular formula is C23H22N6O2S. The molecule has 0 radical (unpaired) electrons. The van der Waals surface area contributed by atoms with Crippen LogP contribution in [0.5, 0.6) is 0 Å². The van der Waals surface area contributed by atoms with Gasteiger partial charge in [-0.1, -0.05) is 0 Å². The minimum atomic E-state index is -0.192. The second-order valence-corrected chi connectivity index (χ2v) is 9.38. The minimum absolute atomic E-state index is 0.192. The molecule has 1 aliphatic rings. The van der Waals surface area contributed by atoms with Crippen molar-refractivity contribution in [3.63, 3.8) is 0 Å². The van der Waals surface area contributed by atoms with Crippen LogP contribution in [0.2, 0.25) is 0 Å². The van der Waals surface area contributed by atoms with Crippen LogP contribution < -0.4 is 11.5 Å². The van der Waals surface area contributed by atoms with Crippen molar-refractivity contribution in [2.45, 2.75) is 37.8 Å². The minimum Gasteiger partial charge on any atom is -0.452 e. The van der Waals surface area contributed by atoms with Crippen LogP contribution in [-0.2, 0) is 0 Å². The summed E-state index contributed by atoms with van der Waals surface area (Å²) in [7, 11) is 0. The lowest BCUT2D eigenvalue weighted by molar-refractivity contribution is 0.108. The van der Waals surface area contributed by atoms with E-state index >= 15 is 0 Å². The average molecular weight is 447 g/mol. The van der Waals surface area contributed by atoms with E-state index in [0.717, 1.165) is 57.8 Å². The maximum atomic E-state index is 9.80. The molecule has 9 heteroatoms. The molecule has 5 heterocycles. The van der Waals surface area contributed by atoms with Gasteiger partial charge >= 0.3 is 0 Å². The Morgan fingerprint density at radius 2 is 1.94 bits per heavy atom. The molecule has 0 aliphatic heterocycles. The van der Waals surface area contributed by atoms with Crippen LogP contribution in [-0.4, -0.2) is 31.0 Å². The third-order valence-electron chi connectivity index (χ3n) is 6.31. The summed E-state index contributed by atoms with van der Waals surface area (Å²) in [5.41, 5.74) is 15.8. The second kappa shape index (κ2) is 7.32. The van der Waals surface area contributed by atoms with Gasteiger partial charge in [0.25, 0.3) is 0 Å². The molecule has 0 aromatic carbocycles. The molecule has 1 saturated carbocycles. The molecule has 5 aromatic rings. The smallest absolute Gasteiger partial charge is 0.177 e. The van der Waals surface area contributed by atoms with Crippen LogP contribution >= 0.6 is 11.3 Å². The van der Waals surface area contributed by atoms with E-state index in [1.54, 1.807) is 12.4 Å². The Kier molecular flexibility index (Phi) is 4.41. The summed E-state index contributed by atoms with van der Waals surface area (Å²) in [6.45, 7) is 0. The Balaban J connectivity index is 1.45. The van der Waals surface area contributed by atoms with E-state index in [1.807, 2.05) is 35.4 Å². The molecule has 5 N–H and O–H groups in total. The third-order valence-corrected chi connectivity index (χ3v) is 7.28. The summed E-state index contributed by atoms with van der Waals surface area (Å²) in [5.74, 6) is 0.994. The summed E-state index contributed by atoms with van der Waals surface area (Å²) >= 11 is 1.48. The Labute approximate surface area is 187 Å². The Morgan fingerprint density at radius 1 is 1.09 bits per heavy atom. The lowest BCUT2D eigenvalue weighted by Gasteiger charge is -2.25. The largest absolute Gasteiger partial charge is 0.452 e. The zero-order valence-electron chi connectivity index (χ0n) is 17.2. The predicted molar refractivity (Wildman–Crippen MR) is 126 cm³/mol. The van der Waals surface area contributed by atoms with E-state index in [0.29, 0.717) is 28.2 Å². The van der Waals surface area contributed by atoms with Crippen LogP contribution in [0.4, 0.5) is 10.8 Å². The lowest BCUT2D eigenvalue weighted by Crippen LogP contribution is -2.21. The quantitative estimate of drug-likeness (QED) is 0.369. The van der Waals surface area contributed by atoms with Gasteiger partial charge < -0.3 is 21.0 Å². The van der Waals surface area contributed by atoms with E-state index in [9.17, 15) is 5.11 Å². The van der Waals surface area contributed by atoms with Gasteiger partial charge in [0.2, 0.25) is 0 Å². The van der Waals surface area contributed by atoms with Gasteiger partial charge in [0.1, 0.15) is 5.76 Å². The van der Waals surface area contributed by atoms with E-state index < -0.39 is 0 Å². The van der Waals surface area contributed by atoms with Crippen molar-refractivity contribution in [3.8, 4) is 22.5 Å². The summed E-state index contributed by atoms with van der Waals surface area (Å²) in [6, 6.07) is 4.23. The van der Waals surface area contributed by atoms with Gasteiger partial charge in [-0.15, -0.1) is 11.3 Å². The first-order valence-electron chi connectivity index (χ1n) is 10.6. The highest BCUT2D eigenvalue weighted by Gasteiger charge is 2.23.